The largest absolute Gasteiger partial charge is 0.409 e. The zero-order chi connectivity index (χ0) is 15.8. The van der Waals surface area contributed by atoms with Gasteiger partial charge in [-0.15, -0.1) is 0 Å². The van der Waals surface area contributed by atoms with E-state index in [0.29, 0.717) is 30.2 Å². The minimum Gasteiger partial charge on any atom is -0.409 e. The standard InChI is InChI=1S/C14H21ClN4O2/c1-3-19(4-2)13(20)9-17-8-11-6-5-10(7-12(11)15)14(16)18-21/h5-7,17,21H,3-4,8-9H2,1-2H3,(H2,16,18). The van der Waals surface area contributed by atoms with Crippen LogP contribution in [0.4, 0.5) is 0 Å². The van der Waals surface area contributed by atoms with Crippen molar-refractivity contribution in [1.82, 2.24) is 10.2 Å². The summed E-state index contributed by atoms with van der Waals surface area (Å²) in [5, 5.41) is 15.1. The summed E-state index contributed by atoms with van der Waals surface area (Å²) in [4.78, 5) is 13.6. The lowest BCUT2D eigenvalue weighted by molar-refractivity contribution is -0.129. The molecule has 0 radical (unpaired) electrons. The third-order valence-corrected chi connectivity index (χ3v) is 3.52. The number of benzene rings is 1. The molecule has 0 saturated heterocycles. The number of nitrogens with one attached hydrogen (secondary N) is 1. The molecule has 6 nitrogen and oxygen atoms in total. The summed E-state index contributed by atoms with van der Waals surface area (Å²) in [7, 11) is 0. The Bertz CT molecular complexity index is 516. The highest BCUT2D eigenvalue weighted by Gasteiger charge is 2.09. The van der Waals surface area contributed by atoms with Crippen LogP contribution in [0.1, 0.15) is 25.0 Å². The summed E-state index contributed by atoms with van der Waals surface area (Å²) in [5.74, 6) is 0.0671. The monoisotopic (exact) mass is 312 g/mol. The highest BCUT2D eigenvalue weighted by atomic mass is 35.5. The molecule has 116 valence electrons. The summed E-state index contributed by atoms with van der Waals surface area (Å²) >= 11 is 6.14. The predicted molar refractivity (Wildman–Crippen MR) is 83.6 cm³/mol. The van der Waals surface area contributed by atoms with Crippen molar-refractivity contribution in [3.63, 3.8) is 0 Å². The number of carbonyl (C=O) groups is 1. The summed E-state index contributed by atoms with van der Waals surface area (Å²) < 4.78 is 0. The Kier molecular flexibility index (Phi) is 6.98. The number of halogens is 1. The van der Waals surface area contributed by atoms with Gasteiger partial charge in [0.1, 0.15) is 0 Å². The SMILES string of the molecule is CCN(CC)C(=O)CNCc1ccc(/C(N)=N/O)cc1Cl. The van der Waals surface area contributed by atoms with Crippen LogP contribution < -0.4 is 11.1 Å². The molecular weight excluding hydrogens is 292 g/mol. The summed E-state index contributed by atoms with van der Waals surface area (Å²) in [5.41, 5.74) is 6.89. The van der Waals surface area contributed by atoms with E-state index < -0.39 is 0 Å². The van der Waals surface area contributed by atoms with Gasteiger partial charge < -0.3 is 21.2 Å². The lowest BCUT2D eigenvalue weighted by Crippen LogP contribution is -2.37. The lowest BCUT2D eigenvalue weighted by Gasteiger charge is -2.18. The van der Waals surface area contributed by atoms with Crippen molar-refractivity contribution >= 4 is 23.3 Å². The average Bonchev–Trinajstić information content (AvgIpc) is 2.49. The Balaban J connectivity index is 2.59. The first-order valence-corrected chi connectivity index (χ1v) is 7.16. The molecular formula is C14H21ClN4O2. The fourth-order valence-corrected chi connectivity index (χ4v) is 2.15. The molecule has 1 aromatic rings. The molecule has 0 atom stereocenters. The molecule has 0 aliphatic rings. The van der Waals surface area contributed by atoms with E-state index in [-0.39, 0.29) is 18.3 Å². The normalized spacial score (nSPS) is 11.5. The molecule has 1 aromatic carbocycles. The molecule has 0 saturated carbocycles. The number of nitrogens with zero attached hydrogens (tertiary/aromatic N) is 2. The van der Waals surface area contributed by atoms with Gasteiger partial charge in [0.25, 0.3) is 0 Å². The maximum Gasteiger partial charge on any atom is 0.236 e. The molecule has 7 heteroatoms. The minimum atomic E-state index is 0.00752. The van der Waals surface area contributed by atoms with Crippen LogP contribution in [-0.2, 0) is 11.3 Å². The third kappa shape index (κ3) is 4.91. The molecule has 0 bridgehead atoms. The van der Waals surface area contributed by atoms with E-state index >= 15 is 0 Å². The van der Waals surface area contributed by atoms with Crippen LogP contribution in [0.2, 0.25) is 5.02 Å². The molecule has 0 unspecified atom stereocenters. The summed E-state index contributed by atoms with van der Waals surface area (Å²) in [6.07, 6.45) is 0. The van der Waals surface area contributed by atoms with Crippen LogP contribution in [-0.4, -0.2) is 41.5 Å². The van der Waals surface area contributed by atoms with Crippen molar-refractivity contribution in [2.75, 3.05) is 19.6 Å². The van der Waals surface area contributed by atoms with Crippen molar-refractivity contribution in [2.45, 2.75) is 20.4 Å². The number of amides is 1. The van der Waals surface area contributed by atoms with E-state index in [0.717, 1.165) is 5.56 Å². The number of nitrogens with two attached hydrogens (primary N) is 1. The van der Waals surface area contributed by atoms with Gasteiger partial charge >= 0.3 is 0 Å². The maximum absolute atomic E-state index is 11.8. The van der Waals surface area contributed by atoms with Crippen LogP contribution in [0.5, 0.6) is 0 Å². The second-order valence-corrected chi connectivity index (χ2v) is 4.87. The van der Waals surface area contributed by atoms with Gasteiger partial charge in [-0.2, -0.15) is 0 Å². The minimum absolute atomic E-state index is 0.00752. The van der Waals surface area contributed by atoms with Crippen LogP contribution in [0.25, 0.3) is 0 Å². The number of carbonyl (C=O) groups excluding carboxylic acids is 1. The molecule has 21 heavy (non-hydrogen) atoms. The Morgan fingerprint density at radius 3 is 2.62 bits per heavy atom. The topological polar surface area (TPSA) is 91.0 Å². The molecule has 4 N–H and O–H groups in total. The Labute approximate surface area is 129 Å². The fourth-order valence-electron chi connectivity index (χ4n) is 1.90. The van der Waals surface area contributed by atoms with Crippen LogP contribution in [0, 0.1) is 0 Å². The summed E-state index contributed by atoms with van der Waals surface area (Å²) in [6.45, 7) is 6.04. The highest BCUT2D eigenvalue weighted by molar-refractivity contribution is 6.31. The number of hydrogen-bond acceptors (Lipinski definition) is 4. The van der Waals surface area contributed by atoms with Gasteiger partial charge in [0.2, 0.25) is 5.91 Å². The van der Waals surface area contributed by atoms with Gasteiger partial charge in [0.05, 0.1) is 6.54 Å². The van der Waals surface area contributed by atoms with Crippen LogP contribution >= 0.6 is 11.6 Å². The molecule has 0 fully saturated rings. The van der Waals surface area contributed by atoms with Gasteiger partial charge in [0, 0.05) is 30.2 Å². The Morgan fingerprint density at radius 1 is 1.43 bits per heavy atom. The van der Waals surface area contributed by atoms with Crippen molar-refractivity contribution in [3.8, 4) is 0 Å². The molecule has 0 aliphatic carbocycles. The smallest absolute Gasteiger partial charge is 0.236 e. The average molecular weight is 313 g/mol. The second-order valence-electron chi connectivity index (χ2n) is 4.46. The van der Waals surface area contributed by atoms with Gasteiger partial charge in [-0.05, 0) is 25.5 Å². The van der Waals surface area contributed by atoms with Crippen LogP contribution in [0.15, 0.2) is 23.4 Å². The van der Waals surface area contributed by atoms with E-state index in [1.165, 1.54) is 0 Å². The van der Waals surface area contributed by atoms with Crippen molar-refractivity contribution in [2.24, 2.45) is 10.9 Å². The van der Waals surface area contributed by atoms with Gasteiger partial charge in [-0.25, -0.2) is 0 Å². The Morgan fingerprint density at radius 2 is 2.10 bits per heavy atom. The van der Waals surface area contributed by atoms with E-state index in [1.54, 1.807) is 23.1 Å². The van der Waals surface area contributed by atoms with E-state index in [4.69, 9.17) is 22.5 Å². The summed E-state index contributed by atoms with van der Waals surface area (Å²) in [6, 6.07) is 5.12. The van der Waals surface area contributed by atoms with Crippen LogP contribution in [0.3, 0.4) is 0 Å². The molecule has 1 amide bonds. The number of amidine groups is 1. The second kappa shape index (κ2) is 8.49. The highest BCUT2D eigenvalue weighted by Crippen LogP contribution is 2.17. The zero-order valence-corrected chi connectivity index (χ0v) is 13.0. The number of rotatable bonds is 7. The first-order chi connectivity index (χ1) is 10.0. The molecule has 0 heterocycles. The van der Waals surface area contributed by atoms with Gasteiger partial charge in [-0.3, -0.25) is 4.79 Å². The zero-order valence-electron chi connectivity index (χ0n) is 12.3. The van der Waals surface area contributed by atoms with Crippen molar-refractivity contribution in [1.29, 1.82) is 0 Å². The van der Waals surface area contributed by atoms with Gasteiger partial charge in [0.15, 0.2) is 5.84 Å². The fraction of sp³-hybridized carbons (Fsp3) is 0.429. The number of likely N-dealkylation sites (N-methyl/N-ethyl adjacent to an activating group) is 1. The molecule has 0 aliphatic heterocycles. The first-order valence-electron chi connectivity index (χ1n) is 6.78. The first kappa shape index (κ1) is 17.3. The quantitative estimate of drug-likeness (QED) is 0.307. The van der Waals surface area contributed by atoms with E-state index in [1.807, 2.05) is 13.8 Å². The van der Waals surface area contributed by atoms with Crippen molar-refractivity contribution in [3.05, 3.63) is 34.3 Å². The van der Waals surface area contributed by atoms with E-state index in [2.05, 4.69) is 10.5 Å². The van der Waals surface area contributed by atoms with Crippen molar-refractivity contribution < 1.29 is 10.0 Å². The Hall–Kier alpha value is -1.79. The third-order valence-electron chi connectivity index (χ3n) is 3.16. The van der Waals surface area contributed by atoms with Gasteiger partial charge in [-0.1, -0.05) is 28.9 Å². The maximum atomic E-state index is 11.8. The molecule has 0 spiro atoms. The molecule has 1 rings (SSSR count). The number of hydrogen-bond donors (Lipinski definition) is 3. The predicted octanol–water partition coefficient (Wildman–Crippen LogP) is 1.39. The number of oxime groups is 1. The van der Waals surface area contributed by atoms with E-state index in [9.17, 15) is 4.79 Å². The lowest BCUT2D eigenvalue weighted by atomic mass is 10.1. The molecule has 0 aromatic heterocycles.